The molecule has 0 saturated carbocycles. The Morgan fingerprint density at radius 3 is 2.96 bits per heavy atom. The van der Waals surface area contributed by atoms with E-state index in [2.05, 4.69) is 5.32 Å². The first-order chi connectivity index (χ1) is 12.1. The lowest BCUT2D eigenvalue weighted by Gasteiger charge is -2.18. The van der Waals surface area contributed by atoms with Gasteiger partial charge < -0.3 is 19.7 Å². The van der Waals surface area contributed by atoms with Gasteiger partial charge in [-0.3, -0.25) is 9.59 Å². The van der Waals surface area contributed by atoms with E-state index in [1.54, 1.807) is 43.1 Å². The molecular formula is C19H28N2O4. The highest BCUT2D eigenvalue weighted by Gasteiger charge is 2.16. The summed E-state index contributed by atoms with van der Waals surface area (Å²) in [6.07, 6.45) is 4.99. The molecule has 1 saturated heterocycles. The molecule has 1 aromatic carbocycles. The smallest absolute Gasteiger partial charge is 0.260 e. The Morgan fingerprint density at radius 2 is 2.24 bits per heavy atom. The van der Waals surface area contributed by atoms with Gasteiger partial charge in [-0.25, -0.2) is 0 Å². The quantitative estimate of drug-likeness (QED) is 0.745. The van der Waals surface area contributed by atoms with Gasteiger partial charge >= 0.3 is 0 Å². The fraction of sp³-hybridized carbons (Fsp3) is 0.579. The molecule has 1 fully saturated rings. The standard InChI is InChI=1S/C19H28N2O4/c1-3-18(22)20-15-7-4-8-17(13-15)25-14-19(23)21(2)11-5-9-16-10-6-12-24-16/h4,7-8,13,16H,3,5-6,9-12,14H2,1-2H3,(H,20,22)/t16-/m1/s1. The van der Waals surface area contributed by atoms with Crippen molar-refractivity contribution in [2.75, 3.05) is 32.1 Å². The van der Waals surface area contributed by atoms with E-state index in [1.807, 2.05) is 0 Å². The number of benzene rings is 1. The maximum Gasteiger partial charge on any atom is 0.260 e. The van der Waals surface area contributed by atoms with Crippen molar-refractivity contribution in [2.45, 2.75) is 45.1 Å². The maximum absolute atomic E-state index is 12.2. The lowest BCUT2D eigenvalue weighted by Crippen LogP contribution is -2.32. The van der Waals surface area contributed by atoms with Crippen molar-refractivity contribution in [3.05, 3.63) is 24.3 Å². The zero-order valence-electron chi connectivity index (χ0n) is 15.1. The second kappa shape index (κ2) is 10.0. The first-order valence-corrected chi connectivity index (χ1v) is 8.96. The number of hydrogen-bond donors (Lipinski definition) is 1. The number of anilines is 1. The first kappa shape index (κ1) is 19.2. The first-order valence-electron chi connectivity index (χ1n) is 8.96. The average molecular weight is 348 g/mol. The van der Waals surface area contributed by atoms with Crippen LogP contribution in [0.2, 0.25) is 0 Å². The van der Waals surface area contributed by atoms with Crippen LogP contribution in [-0.2, 0) is 14.3 Å². The van der Waals surface area contributed by atoms with Crippen molar-refractivity contribution in [3.63, 3.8) is 0 Å². The zero-order valence-corrected chi connectivity index (χ0v) is 15.1. The van der Waals surface area contributed by atoms with Gasteiger partial charge in [-0.05, 0) is 37.8 Å². The number of carbonyl (C=O) groups excluding carboxylic acids is 2. The van der Waals surface area contributed by atoms with Crippen molar-refractivity contribution in [2.24, 2.45) is 0 Å². The Balaban J connectivity index is 1.71. The van der Waals surface area contributed by atoms with E-state index in [9.17, 15) is 9.59 Å². The van der Waals surface area contributed by atoms with Gasteiger partial charge in [0.1, 0.15) is 5.75 Å². The van der Waals surface area contributed by atoms with Crippen molar-refractivity contribution in [1.82, 2.24) is 4.90 Å². The van der Waals surface area contributed by atoms with Gasteiger partial charge in [0.2, 0.25) is 5.91 Å². The van der Waals surface area contributed by atoms with Gasteiger partial charge in [-0.1, -0.05) is 13.0 Å². The topological polar surface area (TPSA) is 67.9 Å². The molecule has 2 rings (SSSR count). The molecule has 1 N–H and O–H groups in total. The summed E-state index contributed by atoms with van der Waals surface area (Å²) in [7, 11) is 1.79. The molecule has 1 aliphatic heterocycles. The number of likely N-dealkylation sites (N-methyl/N-ethyl adjacent to an activating group) is 1. The predicted octanol–water partition coefficient (Wildman–Crippen LogP) is 2.83. The summed E-state index contributed by atoms with van der Waals surface area (Å²) in [4.78, 5) is 25.3. The van der Waals surface area contributed by atoms with Crippen LogP contribution in [0, 0.1) is 0 Å². The van der Waals surface area contributed by atoms with E-state index in [0.29, 0.717) is 30.5 Å². The molecule has 0 aliphatic carbocycles. The fourth-order valence-electron chi connectivity index (χ4n) is 2.72. The van der Waals surface area contributed by atoms with Crippen molar-refractivity contribution in [3.8, 4) is 5.75 Å². The highest BCUT2D eigenvalue weighted by molar-refractivity contribution is 5.90. The largest absolute Gasteiger partial charge is 0.484 e. The van der Waals surface area contributed by atoms with Crippen molar-refractivity contribution in [1.29, 1.82) is 0 Å². The predicted molar refractivity (Wildman–Crippen MR) is 96.7 cm³/mol. The SMILES string of the molecule is CCC(=O)Nc1cccc(OCC(=O)N(C)CCC[C@@H]2CCCO2)c1. The van der Waals surface area contributed by atoms with Crippen LogP contribution in [0.1, 0.15) is 39.0 Å². The van der Waals surface area contributed by atoms with Gasteiger partial charge in [-0.15, -0.1) is 0 Å². The molecule has 0 spiro atoms. The van der Waals surface area contributed by atoms with Crippen molar-refractivity contribution >= 4 is 17.5 Å². The Labute approximate surface area is 149 Å². The molecule has 2 amide bonds. The average Bonchev–Trinajstić information content (AvgIpc) is 3.13. The number of nitrogens with zero attached hydrogens (tertiary/aromatic N) is 1. The molecule has 25 heavy (non-hydrogen) atoms. The summed E-state index contributed by atoms with van der Waals surface area (Å²) in [5.41, 5.74) is 0.668. The van der Waals surface area contributed by atoms with Gasteiger partial charge in [0.25, 0.3) is 5.91 Å². The minimum absolute atomic E-state index is 0.0123. The van der Waals surface area contributed by atoms with Crippen LogP contribution in [0.4, 0.5) is 5.69 Å². The van der Waals surface area contributed by atoms with Gasteiger partial charge in [-0.2, -0.15) is 0 Å². The normalized spacial score (nSPS) is 16.5. The zero-order chi connectivity index (χ0) is 18.1. The van der Waals surface area contributed by atoms with E-state index >= 15 is 0 Å². The maximum atomic E-state index is 12.2. The van der Waals surface area contributed by atoms with Crippen LogP contribution in [0.5, 0.6) is 5.75 Å². The summed E-state index contributed by atoms with van der Waals surface area (Å²) in [6, 6.07) is 7.07. The number of rotatable bonds is 9. The lowest BCUT2D eigenvalue weighted by atomic mass is 10.1. The third kappa shape index (κ3) is 6.74. The summed E-state index contributed by atoms with van der Waals surface area (Å²) in [6.45, 7) is 3.35. The summed E-state index contributed by atoms with van der Waals surface area (Å²) in [5, 5.41) is 2.77. The second-order valence-electron chi connectivity index (χ2n) is 6.31. The lowest BCUT2D eigenvalue weighted by molar-refractivity contribution is -0.132. The molecule has 1 aliphatic rings. The molecule has 0 bridgehead atoms. The third-order valence-corrected chi connectivity index (χ3v) is 4.27. The summed E-state index contributed by atoms with van der Waals surface area (Å²) in [5.74, 6) is 0.449. The Morgan fingerprint density at radius 1 is 1.40 bits per heavy atom. The van der Waals surface area contributed by atoms with Crippen LogP contribution < -0.4 is 10.1 Å². The molecule has 0 aromatic heterocycles. The Bertz CT molecular complexity index is 570. The van der Waals surface area contributed by atoms with Crippen LogP contribution in [-0.4, -0.2) is 49.6 Å². The van der Waals surface area contributed by atoms with E-state index in [1.165, 1.54) is 0 Å². The number of nitrogens with one attached hydrogen (secondary N) is 1. The van der Waals surface area contributed by atoms with Crippen LogP contribution >= 0.6 is 0 Å². The van der Waals surface area contributed by atoms with E-state index < -0.39 is 0 Å². The third-order valence-electron chi connectivity index (χ3n) is 4.27. The van der Waals surface area contributed by atoms with Crippen LogP contribution in [0.25, 0.3) is 0 Å². The summed E-state index contributed by atoms with van der Waals surface area (Å²) >= 11 is 0. The monoisotopic (exact) mass is 348 g/mol. The van der Waals surface area contributed by atoms with Gasteiger partial charge in [0, 0.05) is 38.4 Å². The molecule has 6 nitrogen and oxygen atoms in total. The molecule has 138 valence electrons. The molecule has 1 atom stereocenters. The number of ether oxygens (including phenoxy) is 2. The Hall–Kier alpha value is -2.08. The summed E-state index contributed by atoms with van der Waals surface area (Å²) < 4.78 is 11.1. The molecular weight excluding hydrogens is 320 g/mol. The van der Waals surface area contributed by atoms with Crippen molar-refractivity contribution < 1.29 is 19.1 Å². The van der Waals surface area contributed by atoms with Crippen LogP contribution in [0.3, 0.4) is 0 Å². The van der Waals surface area contributed by atoms with Gasteiger partial charge in [0.15, 0.2) is 6.61 Å². The molecule has 1 heterocycles. The van der Waals surface area contributed by atoms with E-state index in [-0.39, 0.29) is 18.4 Å². The fourth-order valence-corrected chi connectivity index (χ4v) is 2.72. The molecule has 6 heteroatoms. The number of carbonyl (C=O) groups is 2. The minimum atomic E-state index is -0.0599. The van der Waals surface area contributed by atoms with Gasteiger partial charge in [0.05, 0.1) is 6.10 Å². The van der Waals surface area contributed by atoms with Crippen LogP contribution in [0.15, 0.2) is 24.3 Å². The highest BCUT2D eigenvalue weighted by Crippen LogP contribution is 2.18. The van der Waals surface area contributed by atoms with E-state index in [0.717, 1.165) is 32.3 Å². The highest BCUT2D eigenvalue weighted by atomic mass is 16.5. The number of hydrogen-bond acceptors (Lipinski definition) is 4. The molecule has 1 aromatic rings. The number of amides is 2. The molecule has 0 unspecified atom stereocenters. The Kier molecular flexibility index (Phi) is 7.73. The second-order valence-corrected chi connectivity index (χ2v) is 6.31. The van der Waals surface area contributed by atoms with E-state index in [4.69, 9.17) is 9.47 Å². The minimum Gasteiger partial charge on any atom is -0.484 e. The molecule has 0 radical (unpaired) electrons.